The molecule has 1 atom stereocenters. The molecule has 2 rings (SSSR count). The molecule has 2 N–H and O–H groups in total. The van der Waals surface area contributed by atoms with Crippen LogP contribution in [-0.2, 0) is 7.05 Å². The van der Waals surface area contributed by atoms with Crippen molar-refractivity contribution >= 4 is 11.6 Å². The summed E-state index contributed by atoms with van der Waals surface area (Å²) in [7, 11) is 3.85. The number of amides is 1. The number of carbonyl (C=O) groups excluding carboxylic acids is 1. The van der Waals surface area contributed by atoms with Gasteiger partial charge in [0.05, 0.1) is 11.9 Å². The van der Waals surface area contributed by atoms with E-state index in [1.165, 1.54) is 6.20 Å². The van der Waals surface area contributed by atoms with Crippen LogP contribution in [0.5, 0.6) is 0 Å². The fourth-order valence-electron chi connectivity index (χ4n) is 2.44. The van der Waals surface area contributed by atoms with Crippen molar-refractivity contribution < 1.29 is 4.79 Å². The van der Waals surface area contributed by atoms with Crippen molar-refractivity contribution in [2.45, 2.75) is 19.4 Å². The minimum atomic E-state index is -0.0148. The van der Waals surface area contributed by atoms with Crippen molar-refractivity contribution in [1.82, 2.24) is 19.6 Å². The quantitative estimate of drug-likeness (QED) is 0.813. The van der Waals surface area contributed by atoms with Crippen molar-refractivity contribution in [3.63, 3.8) is 0 Å². The van der Waals surface area contributed by atoms with E-state index in [1.807, 2.05) is 4.90 Å². The number of piperazine rings is 1. The lowest BCUT2D eigenvalue weighted by Gasteiger charge is -2.39. The van der Waals surface area contributed by atoms with E-state index in [0.717, 1.165) is 26.1 Å². The maximum Gasteiger partial charge on any atom is 0.274 e. The van der Waals surface area contributed by atoms with E-state index in [1.54, 1.807) is 11.7 Å². The molecule has 6 heteroatoms. The number of hydrogen-bond acceptors (Lipinski definition) is 4. The van der Waals surface area contributed by atoms with Crippen LogP contribution in [0.25, 0.3) is 0 Å². The largest absolute Gasteiger partial charge is 0.396 e. The van der Waals surface area contributed by atoms with Gasteiger partial charge in [0.15, 0.2) is 0 Å². The maximum absolute atomic E-state index is 12.4. The Morgan fingerprint density at radius 2 is 2.22 bits per heavy atom. The number of carbonyl (C=O) groups is 1. The molecule has 1 amide bonds. The van der Waals surface area contributed by atoms with Crippen LogP contribution in [0.3, 0.4) is 0 Å². The summed E-state index contributed by atoms with van der Waals surface area (Å²) in [5, 5.41) is 4.02. The first-order valence-electron chi connectivity index (χ1n) is 6.31. The second kappa shape index (κ2) is 4.97. The highest BCUT2D eigenvalue weighted by molar-refractivity contribution is 5.97. The molecule has 2 heterocycles. The van der Waals surface area contributed by atoms with E-state index in [9.17, 15) is 4.79 Å². The summed E-state index contributed by atoms with van der Waals surface area (Å²) in [6, 6.07) is 0.428. The SMILES string of the molecule is CCC1CN(C(=O)c2c(N)cnn2C)CCN1C. The van der Waals surface area contributed by atoms with Crippen LogP contribution in [0, 0.1) is 0 Å². The van der Waals surface area contributed by atoms with Crippen molar-refractivity contribution in [3.8, 4) is 0 Å². The van der Waals surface area contributed by atoms with Gasteiger partial charge in [-0.3, -0.25) is 14.4 Å². The van der Waals surface area contributed by atoms with Crippen LogP contribution in [0.1, 0.15) is 23.8 Å². The number of nitrogen functional groups attached to an aromatic ring is 1. The Balaban J connectivity index is 2.15. The number of nitrogens with two attached hydrogens (primary N) is 1. The third-order valence-electron chi connectivity index (χ3n) is 3.71. The summed E-state index contributed by atoms with van der Waals surface area (Å²) in [6.45, 7) is 4.56. The molecule has 1 aromatic heterocycles. The molecular formula is C12H21N5O. The van der Waals surface area contributed by atoms with Crippen molar-refractivity contribution in [1.29, 1.82) is 0 Å². The molecule has 1 saturated heterocycles. The monoisotopic (exact) mass is 251 g/mol. The van der Waals surface area contributed by atoms with Gasteiger partial charge in [-0.05, 0) is 13.5 Å². The van der Waals surface area contributed by atoms with Gasteiger partial charge in [0, 0.05) is 32.7 Å². The minimum Gasteiger partial charge on any atom is -0.396 e. The zero-order valence-electron chi connectivity index (χ0n) is 11.3. The Morgan fingerprint density at radius 3 is 2.78 bits per heavy atom. The molecule has 1 unspecified atom stereocenters. The minimum absolute atomic E-state index is 0.0148. The van der Waals surface area contributed by atoms with E-state index in [2.05, 4.69) is 24.0 Å². The van der Waals surface area contributed by atoms with Gasteiger partial charge in [0.1, 0.15) is 5.69 Å². The third-order valence-corrected chi connectivity index (χ3v) is 3.71. The van der Waals surface area contributed by atoms with Crippen molar-refractivity contribution in [2.24, 2.45) is 7.05 Å². The van der Waals surface area contributed by atoms with Gasteiger partial charge in [0.2, 0.25) is 0 Å². The van der Waals surface area contributed by atoms with Gasteiger partial charge in [-0.1, -0.05) is 6.92 Å². The molecule has 0 radical (unpaired) electrons. The molecule has 0 aliphatic carbocycles. The van der Waals surface area contributed by atoms with E-state index in [4.69, 9.17) is 5.73 Å². The number of rotatable bonds is 2. The summed E-state index contributed by atoms with van der Waals surface area (Å²) in [4.78, 5) is 16.6. The summed E-state index contributed by atoms with van der Waals surface area (Å²) >= 11 is 0. The maximum atomic E-state index is 12.4. The number of likely N-dealkylation sites (N-methyl/N-ethyl adjacent to an activating group) is 1. The van der Waals surface area contributed by atoms with Gasteiger partial charge < -0.3 is 10.6 Å². The first kappa shape index (κ1) is 12.9. The first-order valence-corrected chi connectivity index (χ1v) is 6.31. The Kier molecular flexibility index (Phi) is 3.56. The lowest BCUT2D eigenvalue weighted by Crippen LogP contribution is -2.53. The Morgan fingerprint density at radius 1 is 1.50 bits per heavy atom. The number of anilines is 1. The van der Waals surface area contributed by atoms with Gasteiger partial charge in [-0.15, -0.1) is 0 Å². The molecule has 1 aliphatic heterocycles. The van der Waals surface area contributed by atoms with Crippen LogP contribution in [0.2, 0.25) is 0 Å². The second-order valence-corrected chi connectivity index (χ2v) is 4.87. The van der Waals surface area contributed by atoms with Crippen molar-refractivity contribution in [2.75, 3.05) is 32.4 Å². The summed E-state index contributed by atoms with van der Waals surface area (Å²) in [5.41, 5.74) is 6.75. The highest BCUT2D eigenvalue weighted by atomic mass is 16.2. The highest BCUT2D eigenvalue weighted by Crippen LogP contribution is 2.17. The molecule has 1 aliphatic rings. The molecule has 0 saturated carbocycles. The lowest BCUT2D eigenvalue weighted by molar-refractivity contribution is 0.0533. The molecule has 18 heavy (non-hydrogen) atoms. The van der Waals surface area contributed by atoms with Gasteiger partial charge in [-0.25, -0.2) is 0 Å². The Bertz CT molecular complexity index is 422. The summed E-state index contributed by atoms with van der Waals surface area (Å²) in [6.07, 6.45) is 2.57. The Hall–Kier alpha value is -1.56. The number of aryl methyl sites for hydroxylation is 1. The van der Waals surface area contributed by atoms with Crippen LogP contribution >= 0.6 is 0 Å². The predicted molar refractivity (Wildman–Crippen MR) is 70.2 cm³/mol. The summed E-state index contributed by atoms with van der Waals surface area (Å²) in [5.74, 6) is -0.0148. The third kappa shape index (κ3) is 2.20. The highest BCUT2D eigenvalue weighted by Gasteiger charge is 2.29. The molecule has 1 aromatic rings. The van der Waals surface area contributed by atoms with Crippen LogP contribution in [0.4, 0.5) is 5.69 Å². The van der Waals surface area contributed by atoms with E-state index < -0.39 is 0 Å². The molecule has 1 fully saturated rings. The van der Waals surface area contributed by atoms with Crippen LogP contribution in [-0.4, -0.2) is 58.2 Å². The normalized spacial score (nSPS) is 21.3. The first-order chi connectivity index (χ1) is 8.54. The topological polar surface area (TPSA) is 67.4 Å². The number of hydrogen-bond donors (Lipinski definition) is 1. The van der Waals surface area contributed by atoms with Gasteiger partial charge >= 0.3 is 0 Å². The van der Waals surface area contributed by atoms with Gasteiger partial charge in [-0.2, -0.15) is 5.10 Å². The fraction of sp³-hybridized carbons (Fsp3) is 0.667. The van der Waals surface area contributed by atoms with Crippen molar-refractivity contribution in [3.05, 3.63) is 11.9 Å². The molecule has 0 bridgehead atoms. The average Bonchev–Trinajstić information content (AvgIpc) is 2.69. The Labute approximate surface area is 107 Å². The van der Waals surface area contributed by atoms with Crippen LogP contribution < -0.4 is 5.73 Å². The zero-order chi connectivity index (χ0) is 13.3. The molecular weight excluding hydrogens is 230 g/mol. The average molecular weight is 251 g/mol. The number of nitrogens with zero attached hydrogens (tertiary/aromatic N) is 4. The van der Waals surface area contributed by atoms with Crippen LogP contribution in [0.15, 0.2) is 6.20 Å². The van der Waals surface area contributed by atoms with Gasteiger partial charge in [0.25, 0.3) is 5.91 Å². The molecule has 6 nitrogen and oxygen atoms in total. The number of aromatic nitrogens is 2. The lowest BCUT2D eigenvalue weighted by atomic mass is 10.1. The fourth-order valence-corrected chi connectivity index (χ4v) is 2.44. The van der Waals surface area contributed by atoms with E-state index >= 15 is 0 Å². The smallest absolute Gasteiger partial charge is 0.274 e. The molecule has 0 spiro atoms. The van der Waals surface area contributed by atoms with E-state index in [-0.39, 0.29) is 5.91 Å². The molecule has 100 valence electrons. The summed E-state index contributed by atoms with van der Waals surface area (Å²) < 4.78 is 1.55. The second-order valence-electron chi connectivity index (χ2n) is 4.87. The molecule has 0 aromatic carbocycles. The predicted octanol–water partition coefficient (Wildman–Crippen LogP) is 0.169. The standard InChI is InChI=1S/C12H21N5O/c1-4-9-8-17(6-5-15(9)2)12(18)11-10(13)7-14-16(11)3/h7,9H,4-6,8,13H2,1-3H3. The van der Waals surface area contributed by atoms with E-state index in [0.29, 0.717) is 17.4 Å². The zero-order valence-corrected chi connectivity index (χ0v) is 11.3.